The normalized spacial score (nSPS) is 12.5. The van der Waals surface area contributed by atoms with Crippen LogP contribution in [-0.4, -0.2) is 37.7 Å². The molecule has 8 nitrogen and oxygen atoms in total. The van der Waals surface area contributed by atoms with E-state index < -0.39 is 15.0 Å². The third kappa shape index (κ3) is 5.00. The first kappa shape index (κ1) is 26.9. The molecule has 3 aromatic carbocycles. The van der Waals surface area contributed by atoms with Crippen molar-refractivity contribution in [2.75, 3.05) is 17.7 Å². The molecule has 1 aliphatic rings. The van der Waals surface area contributed by atoms with Gasteiger partial charge in [-0.15, -0.1) is 0 Å². The van der Waals surface area contributed by atoms with E-state index in [0.29, 0.717) is 16.9 Å². The minimum absolute atomic E-state index is 0. The SMILES string of the molecule is COc1cc(Nc2ccc(NC(C)C)c3c2C(=O)c2ccccc2C3=O)c(C)c(S(=O)(=O)[O-])c1.[Na+]. The molecule has 2 N–H and O–H groups in total. The summed E-state index contributed by atoms with van der Waals surface area (Å²) in [7, 11) is -3.43. The van der Waals surface area contributed by atoms with Crippen LogP contribution < -0.4 is 44.9 Å². The Morgan fingerprint density at radius 3 is 1.94 bits per heavy atom. The number of anilines is 3. The van der Waals surface area contributed by atoms with Crippen LogP contribution in [-0.2, 0) is 10.1 Å². The van der Waals surface area contributed by atoms with E-state index in [2.05, 4.69) is 10.6 Å². The number of carbonyl (C=O) groups is 2. The average molecular weight is 503 g/mol. The van der Waals surface area contributed by atoms with Gasteiger partial charge in [0.15, 0.2) is 11.6 Å². The average Bonchev–Trinajstić information content (AvgIpc) is 2.78. The Bertz CT molecular complexity index is 1450. The summed E-state index contributed by atoms with van der Waals surface area (Å²) in [5.41, 5.74) is 2.28. The molecule has 0 spiro atoms. The Labute approximate surface area is 226 Å². The number of carbonyl (C=O) groups excluding carboxylic acids is 2. The van der Waals surface area contributed by atoms with Crippen LogP contribution in [0.1, 0.15) is 51.3 Å². The van der Waals surface area contributed by atoms with Crippen LogP contribution >= 0.6 is 0 Å². The van der Waals surface area contributed by atoms with Gasteiger partial charge in [-0.2, -0.15) is 0 Å². The number of hydrogen-bond acceptors (Lipinski definition) is 8. The maximum atomic E-state index is 13.5. The molecule has 0 bridgehead atoms. The molecule has 0 aromatic heterocycles. The monoisotopic (exact) mass is 502 g/mol. The summed E-state index contributed by atoms with van der Waals surface area (Å²) in [6.07, 6.45) is 0. The molecule has 4 rings (SSSR count). The molecule has 1 aliphatic carbocycles. The van der Waals surface area contributed by atoms with Gasteiger partial charge < -0.3 is 19.9 Å². The molecule has 176 valence electrons. The zero-order chi connectivity index (χ0) is 24.8. The van der Waals surface area contributed by atoms with Crippen molar-refractivity contribution >= 4 is 38.7 Å². The molecule has 35 heavy (non-hydrogen) atoms. The summed E-state index contributed by atoms with van der Waals surface area (Å²) >= 11 is 0. The Kier molecular flexibility index (Phi) is 7.78. The molecule has 0 fully saturated rings. The van der Waals surface area contributed by atoms with Gasteiger partial charge in [-0.25, -0.2) is 8.42 Å². The van der Waals surface area contributed by atoms with Gasteiger partial charge in [0.1, 0.15) is 15.9 Å². The Balaban J connectivity index is 0.00000342. The van der Waals surface area contributed by atoms with Gasteiger partial charge in [0.05, 0.1) is 28.8 Å². The van der Waals surface area contributed by atoms with Gasteiger partial charge in [0.25, 0.3) is 0 Å². The van der Waals surface area contributed by atoms with Gasteiger partial charge in [-0.05, 0) is 44.5 Å². The number of fused-ring (bicyclic) bond motifs is 2. The van der Waals surface area contributed by atoms with Crippen LogP contribution in [0, 0.1) is 6.92 Å². The quantitative estimate of drug-likeness (QED) is 0.298. The first-order valence-corrected chi connectivity index (χ1v) is 12.0. The van der Waals surface area contributed by atoms with Crippen molar-refractivity contribution in [2.24, 2.45) is 0 Å². The molecule has 0 atom stereocenters. The second-order valence-electron chi connectivity index (χ2n) is 8.29. The fourth-order valence-corrected chi connectivity index (χ4v) is 4.82. The topological polar surface area (TPSA) is 125 Å². The van der Waals surface area contributed by atoms with Crippen molar-refractivity contribution in [3.8, 4) is 5.75 Å². The number of hydrogen-bond donors (Lipinski definition) is 2. The third-order valence-corrected chi connectivity index (χ3v) is 6.59. The van der Waals surface area contributed by atoms with E-state index >= 15 is 0 Å². The maximum Gasteiger partial charge on any atom is 1.00 e. The second kappa shape index (κ2) is 10.1. The molecule has 0 radical (unpaired) electrons. The summed E-state index contributed by atoms with van der Waals surface area (Å²) in [5.74, 6) is -0.471. The molecule has 0 saturated heterocycles. The Morgan fingerprint density at radius 1 is 0.886 bits per heavy atom. The minimum atomic E-state index is -4.78. The predicted octanol–water partition coefficient (Wildman–Crippen LogP) is 1.25. The molecule has 0 saturated carbocycles. The number of methoxy groups -OCH3 is 1. The van der Waals surface area contributed by atoms with Crippen molar-refractivity contribution < 1.29 is 56.9 Å². The summed E-state index contributed by atoms with van der Waals surface area (Å²) in [5, 5.41) is 6.29. The van der Waals surface area contributed by atoms with E-state index in [9.17, 15) is 22.6 Å². The van der Waals surface area contributed by atoms with Crippen LogP contribution in [0.5, 0.6) is 5.75 Å². The van der Waals surface area contributed by atoms with Gasteiger partial charge >= 0.3 is 29.6 Å². The number of ketones is 2. The number of benzene rings is 3. The van der Waals surface area contributed by atoms with Crippen LogP contribution in [0.3, 0.4) is 0 Å². The molecule has 0 aliphatic heterocycles. The molecular formula is C25H23N2NaO6S. The fraction of sp³-hybridized carbons (Fsp3) is 0.200. The van der Waals surface area contributed by atoms with Gasteiger partial charge in [0, 0.05) is 34.6 Å². The molecule has 0 amide bonds. The molecule has 0 heterocycles. The zero-order valence-corrected chi connectivity index (χ0v) is 22.9. The fourth-order valence-electron chi connectivity index (χ4n) is 4.07. The van der Waals surface area contributed by atoms with Crippen molar-refractivity contribution in [3.63, 3.8) is 0 Å². The van der Waals surface area contributed by atoms with Gasteiger partial charge in [-0.3, -0.25) is 9.59 Å². The summed E-state index contributed by atoms with van der Waals surface area (Å²) in [4.78, 5) is 26.6. The number of rotatable bonds is 6. The van der Waals surface area contributed by atoms with Crippen molar-refractivity contribution in [2.45, 2.75) is 31.7 Å². The van der Waals surface area contributed by atoms with E-state index in [-0.39, 0.29) is 80.9 Å². The van der Waals surface area contributed by atoms with Gasteiger partial charge in [-0.1, -0.05) is 24.3 Å². The molecular weight excluding hydrogens is 479 g/mol. The van der Waals surface area contributed by atoms with Crippen LogP contribution in [0.15, 0.2) is 53.4 Å². The Morgan fingerprint density at radius 2 is 1.43 bits per heavy atom. The van der Waals surface area contributed by atoms with Crippen molar-refractivity contribution in [1.82, 2.24) is 0 Å². The summed E-state index contributed by atoms with van der Waals surface area (Å²) in [6.45, 7) is 5.33. The van der Waals surface area contributed by atoms with Crippen LogP contribution in [0.25, 0.3) is 0 Å². The van der Waals surface area contributed by atoms with Crippen LogP contribution in [0.4, 0.5) is 17.1 Å². The standard InChI is InChI=1S/C25H24N2O6S.Na/c1-13(2)26-18-9-10-19(23-22(18)24(28)16-7-5-6-8-17(16)25(23)29)27-20-11-15(33-4)12-21(14(20)3)34(30,31)32;/h5-13,26-27H,1-4H3,(H,30,31,32);/q;+1/p-1. The molecule has 0 unspecified atom stereocenters. The largest absolute Gasteiger partial charge is 1.00 e. The second-order valence-corrected chi connectivity index (χ2v) is 9.64. The van der Waals surface area contributed by atoms with E-state index in [0.717, 1.165) is 6.07 Å². The number of ether oxygens (including phenoxy) is 1. The Hall–Kier alpha value is -2.69. The van der Waals surface area contributed by atoms with E-state index in [1.807, 2.05) is 13.8 Å². The minimum Gasteiger partial charge on any atom is -0.744 e. The summed E-state index contributed by atoms with van der Waals surface area (Å²) < 4.78 is 40.5. The van der Waals surface area contributed by atoms with Crippen LogP contribution in [0.2, 0.25) is 0 Å². The van der Waals surface area contributed by atoms with Crippen molar-refractivity contribution in [3.05, 3.63) is 76.3 Å². The molecule has 10 heteroatoms. The van der Waals surface area contributed by atoms with Crippen molar-refractivity contribution in [1.29, 1.82) is 0 Å². The smallest absolute Gasteiger partial charge is 0.744 e. The van der Waals surface area contributed by atoms with E-state index in [4.69, 9.17) is 4.74 Å². The van der Waals surface area contributed by atoms with Gasteiger partial charge in [0.2, 0.25) is 0 Å². The zero-order valence-electron chi connectivity index (χ0n) is 20.1. The predicted molar refractivity (Wildman–Crippen MR) is 127 cm³/mol. The maximum absolute atomic E-state index is 13.5. The van der Waals surface area contributed by atoms with E-state index in [1.54, 1.807) is 36.4 Å². The molecule has 3 aromatic rings. The first-order valence-electron chi connectivity index (χ1n) is 10.6. The third-order valence-electron chi connectivity index (χ3n) is 5.63. The number of nitrogens with one attached hydrogen (secondary N) is 2. The summed E-state index contributed by atoms with van der Waals surface area (Å²) in [6, 6.07) is 12.6. The first-order chi connectivity index (χ1) is 16.0. The van der Waals surface area contributed by atoms with E-state index in [1.165, 1.54) is 20.1 Å².